The zero-order chi connectivity index (χ0) is 28.5. The number of ketones is 1. The molecule has 0 atom stereocenters. The number of rotatable bonds is 13. The molecular formula is C27H29N5O6S2. The van der Waals surface area contributed by atoms with Crippen molar-refractivity contribution in [3.63, 3.8) is 0 Å². The van der Waals surface area contributed by atoms with Crippen LogP contribution >= 0.6 is 11.3 Å². The van der Waals surface area contributed by atoms with E-state index in [0.29, 0.717) is 39.9 Å². The summed E-state index contributed by atoms with van der Waals surface area (Å²) in [5.41, 5.74) is 1.88. The lowest BCUT2D eigenvalue weighted by Crippen LogP contribution is -2.27. The molecule has 0 unspecified atom stereocenters. The van der Waals surface area contributed by atoms with E-state index in [1.165, 1.54) is 11.3 Å². The number of thiazole rings is 1. The number of carbonyl (C=O) groups is 2. The average Bonchev–Trinajstić information content (AvgIpc) is 3.63. The molecule has 0 aliphatic carbocycles. The molecule has 1 saturated heterocycles. The van der Waals surface area contributed by atoms with Crippen LogP contribution in [-0.2, 0) is 19.4 Å². The topological polar surface area (TPSA) is 142 Å². The van der Waals surface area contributed by atoms with E-state index in [1.54, 1.807) is 42.5 Å². The van der Waals surface area contributed by atoms with Crippen molar-refractivity contribution < 1.29 is 26.7 Å². The number of aromatic nitrogens is 1. The molecule has 0 radical (unpaired) electrons. The monoisotopic (exact) mass is 583 g/mol. The van der Waals surface area contributed by atoms with Gasteiger partial charge in [0.15, 0.2) is 12.1 Å². The summed E-state index contributed by atoms with van der Waals surface area (Å²) in [5, 5.41) is 9.01. The van der Waals surface area contributed by atoms with Crippen molar-refractivity contribution in [3.05, 3.63) is 70.6 Å². The minimum Gasteiger partial charge on any atom is -0.369 e. The third-order valence-corrected chi connectivity index (χ3v) is 7.52. The number of Topliss-reactive ketones (excluding diaryl/α,β-unsaturated/α-hetero) is 1. The van der Waals surface area contributed by atoms with Crippen LogP contribution in [0.5, 0.6) is 0 Å². The number of anilines is 2. The molecule has 0 saturated carbocycles. The lowest BCUT2D eigenvalue weighted by atomic mass is 10.0. The Morgan fingerprint density at radius 3 is 2.45 bits per heavy atom. The SMILES string of the molecule is CCN(CCOS(=O)(=O)O)c1ccc(/N=N/c2nc(N3CCCC3)c(/C=C(/C=O)C(=O)c3ccccc3)s2)cc1. The van der Waals surface area contributed by atoms with E-state index in [-0.39, 0.29) is 24.5 Å². The fourth-order valence-corrected chi connectivity index (χ4v) is 5.36. The molecule has 13 heteroatoms. The predicted octanol–water partition coefficient (Wildman–Crippen LogP) is 5.27. The number of azo groups is 1. The van der Waals surface area contributed by atoms with Crippen molar-refractivity contribution in [1.82, 2.24) is 4.98 Å². The van der Waals surface area contributed by atoms with Crippen LogP contribution in [0.1, 0.15) is 35.0 Å². The number of aldehydes is 1. The van der Waals surface area contributed by atoms with Gasteiger partial charge < -0.3 is 9.80 Å². The first kappa shape index (κ1) is 29.2. The van der Waals surface area contributed by atoms with E-state index >= 15 is 0 Å². The van der Waals surface area contributed by atoms with Crippen molar-refractivity contribution in [3.8, 4) is 0 Å². The highest BCUT2D eigenvalue weighted by Crippen LogP contribution is 2.36. The van der Waals surface area contributed by atoms with Gasteiger partial charge in [-0.2, -0.15) is 13.4 Å². The lowest BCUT2D eigenvalue weighted by molar-refractivity contribution is -0.104. The van der Waals surface area contributed by atoms with Crippen LogP contribution in [-0.4, -0.2) is 62.8 Å². The first-order valence-corrected chi connectivity index (χ1v) is 14.9. The highest BCUT2D eigenvalue weighted by molar-refractivity contribution is 7.80. The van der Waals surface area contributed by atoms with E-state index in [1.807, 2.05) is 30.0 Å². The molecule has 1 aliphatic heterocycles. The molecule has 0 bridgehead atoms. The molecule has 2 aromatic carbocycles. The Morgan fingerprint density at radius 1 is 1.12 bits per heavy atom. The van der Waals surface area contributed by atoms with Gasteiger partial charge in [-0.1, -0.05) is 41.7 Å². The van der Waals surface area contributed by atoms with Crippen LogP contribution < -0.4 is 9.80 Å². The summed E-state index contributed by atoms with van der Waals surface area (Å²) in [5.74, 6) is 0.322. The van der Waals surface area contributed by atoms with Gasteiger partial charge >= 0.3 is 10.4 Å². The Hall–Kier alpha value is -3.78. The molecule has 1 aromatic heterocycles. The molecule has 40 heavy (non-hydrogen) atoms. The maximum atomic E-state index is 12.9. The van der Waals surface area contributed by atoms with Crippen LogP contribution in [0.4, 0.5) is 22.3 Å². The van der Waals surface area contributed by atoms with Gasteiger partial charge in [-0.15, -0.1) is 10.2 Å². The van der Waals surface area contributed by atoms with Crippen LogP contribution in [0.15, 0.2) is 70.4 Å². The maximum absolute atomic E-state index is 12.9. The summed E-state index contributed by atoms with van der Waals surface area (Å²) in [6, 6.07) is 15.8. The average molecular weight is 584 g/mol. The van der Waals surface area contributed by atoms with Gasteiger partial charge in [-0.05, 0) is 50.1 Å². The number of nitrogens with zero attached hydrogens (tertiary/aromatic N) is 5. The van der Waals surface area contributed by atoms with Gasteiger partial charge in [0.25, 0.3) is 0 Å². The molecule has 2 heterocycles. The third kappa shape index (κ3) is 7.88. The van der Waals surface area contributed by atoms with Crippen molar-refractivity contribution in [2.75, 3.05) is 42.6 Å². The molecular weight excluding hydrogens is 554 g/mol. The molecule has 1 fully saturated rings. The summed E-state index contributed by atoms with van der Waals surface area (Å²) in [6.45, 7) is 4.25. The van der Waals surface area contributed by atoms with Gasteiger partial charge in [0, 0.05) is 37.4 Å². The Morgan fingerprint density at radius 2 is 1.82 bits per heavy atom. The number of carbonyl (C=O) groups excluding carboxylic acids is 2. The molecule has 1 N–H and O–H groups in total. The second-order valence-electron chi connectivity index (χ2n) is 8.84. The van der Waals surface area contributed by atoms with E-state index < -0.39 is 10.4 Å². The number of likely N-dealkylation sites (N-methyl/N-ethyl adjacent to an activating group) is 1. The minimum absolute atomic E-state index is 0.0387. The molecule has 0 spiro atoms. The van der Waals surface area contributed by atoms with Crippen molar-refractivity contribution in [2.24, 2.45) is 10.2 Å². The largest absolute Gasteiger partial charge is 0.397 e. The third-order valence-electron chi connectivity index (χ3n) is 6.18. The number of hydrogen-bond acceptors (Lipinski definition) is 11. The van der Waals surface area contributed by atoms with Gasteiger partial charge in [-0.3, -0.25) is 14.1 Å². The van der Waals surface area contributed by atoms with Crippen LogP contribution in [0, 0.1) is 0 Å². The standard InChI is InChI=1S/C27H29N5O6S2/c1-2-31(16-17-38-40(35,36)37)23-12-10-22(11-13-23)29-30-27-28-26(32-14-6-7-15-32)24(39-27)18-21(19-33)25(34)20-8-4-3-5-9-20/h3-5,8-13,18-19H,2,6-7,14-17H2,1H3,(H,35,36,37)/b21-18-,30-29+. The lowest BCUT2D eigenvalue weighted by Gasteiger charge is -2.22. The van der Waals surface area contributed by atoms with Gasteiger partial charge in [0.1, 0.15) is 5.82 Å². The highest BCUT2D eigenvalue weighted by atomic mass is 32.3. The van der Waals surface area contributed by atoms with Gasteiger partial charge in [-0.25, -0.2) is 4.18 Å². The molecule has 3 aromatic rings. The zero-order valence-corrected chi connectivity index (χ0v) is 23.5. The fourth-order valence-electron chi connectivity index (χ4n) is 4.21. The summed E-state index contributed by atoms with van der Waals surface area (Å²) in [4.78, 5) is 34.1. The zero-order valence-electron chi connectivity index (χ0n) is 21.8. The Kier molecular flexibility index (Phi) is 9.88. The van der Waals surface area contributed by atoms with Crippen LogP contribution in [0.25, 0.3) is 6.08 Å². The van der Waals surface area contributed by atoms with Gasteiger partial charge in [0.2, 0.25) is 5.13 Å². The van der Waals surface area contributed by atoms with Crippen molar-refractivity contribution in [1.29, 1.82) is 0 Å². The second kappa shape index (κ2) is 13.5. The highest BCUT2D eigenvalue weighted by Gasteiger charge is 2.21. The number of allylic oxidation sites excluding steroid dienone is 1. The summed E-state index contributed by atoms with van der Waals surface area (Å²) in [7, 11) is -4.48. The normalized spacial score (nSPS) is 14.2. The first-order chi connectivity index (χ1) is 19.3. The maximum Gasteiger partial charge on any atom is 0.397 e. The molecule has 11 nitrogen and oxygen atoms in total. The molecule has 1 aliphatic rings. The van der Waals surface area contributed by atoms with Gasteiger partial charge in [0.05, 0.1) is 22.7 Å². The fraction of sp³-hybridized carbons (Fsp3) is 0.296. The van der Waals surface area contributed by atoms with Crippen LogP contribution in [0.3, 0.4) is 0 Å². The minimum atomic E-state index is -4.48. The van der Waals surface area contributed by atoms with E-state index in [0.717, 1.165) is 31.6 Å². The van der Waals surface area contributed by atoms with Crippen molar-refractivity contribution in [2.45, 2.75) is 19.8 Å². The summed E-state index contributed by atoms with van der Waals surface area (Å²) in [6.07, 6.45) is 4.21. The van der Waals surface area contributed by atoms with Crippen LogP contribution in [0.2, 0.25) is 0 Å². The predicted molar refractivity (Wildman–Crippen MR) is 154 cm³/mol. The smallest absolute Gasteiger partial charge is 0.369 e. The Balaban J connectivity index is 1.53. The van der Waals surface area contributed by atoms with Crippen molar-refractivity contribution >= 4 is 62.2 Å². The van der Waals surface area contributed by atoms with E-state index in [4.69, 9.17) is 4.55 Å². The Labute approximate surface area is 236 Å². The number of hydrogen-bond donors (Lipinski definition) is 1. The molecule has 210 valence electrons. The quantitative estimate of drug-likeness (QED) is 0.0541. The van der Waals surface area contributed by atoms with E-state index in [2.05, 4.69) is 24.3 Å². The summed E-state index contributed by atoms with van der Waals surface area (Å²) >= 11 is 1.25. The second-order valence-corrected chi connectivity index (χ2v) is 10.9. The summed E-state index contributed by atoms with van der Waals surface area (Å²) < 4.78 is 34.7. The molecule has 4 rings (SSSR count). The first-order valence-electron chi connectivity index (χ1n) is 12.7. The Bertz CT molecular complexity index is 1480. The molecule has 0 amide bonds. The van der Waals surface area contributed by atoms with E-state index in [9.17, 15) is 18.0 Å². The number of benzene rings is 2.